The molecule has 0 atom stereocenters. The van der Waals surface area contributed by atoms with Crippen molar-refractivity contribution in [3.8, 4) is 5.75 Å². The topological polar surface area (TPSA) is 108 Å². The molecule has 1 amide bonds. The van der Waals surface area contributed by atoms with Gasteiger partial charge in [-0.1, -0.05) is 6.07 Å². The van der Waals surface area contributed by atoms with Crippen molar-refractivity contribution in [2.75, 3.05) is 19.0 Å². The Kier molecular flexibility index (Phi) is 5.67. The van der Waals surface area contributed by atoms with E-state index in [1.807, 2.05) is 0 Å². The normalized spacial score (nSPS) is 10.0. The Hall–Kier alpha value is -3.42. The molecule has 0 aliphatic rings. The number of amides is 1. The minimum Gasteiger partial charge on any atom is -0.482 e. The summed E-state index contributed by atoms with van der Waals surface area (Å²) in [4.78, 5) is 33.8. The van der Waals surface area contributed by atoms with Gasteiger partial charge in [0.15, 0.2) is 6.61 Å². The predicted molar refractivity (Wildman–Crippen MR) is 89.7 cm³/mol. The summed E-state index contributed by atoms with van der Waals surface area (Å²) in [5, 5.41) is 13.6. The van der Waals surface area contributed by atoms with Crippen molar-refractivity contribution >= 4 is 23.3 Å². The first-order valence-electron chi connectivity index (χ1n) is 7.27. The van der Waals surface area contributed by atoms with Crippen LogP contribution in [0.15, 0.2) is 42.5 Å². The number of hydrogen-bond acceptors (Lipinski definition) is 6. The monoisotopic (exact) mass is 344 g/mol. The highest BCUT2D eigenvalue weighted by molar-refractivity contribution is 6.05. The number of methoxy groups -OCH3 is 1. The molecule has 0 radical (unpaired) electrons. The predicted octanol–water partition coefficient (Wildman–Crippen LogP) is 2.71. The van der Waals surface area contributed by atoms with E-state index in [0.29, 0.717) is 17.0 Å². The molecule has 2 aromatic carbocycles. The molecule has 25 heavy (non-hydrogen) atoms. The van der Waals surface area contributed by atoms with Crippen LogP contribution in [0.25, 0.3) is 0 Å². The molecule has 0 saturated heterocycles. The highest BCUT2D eigenvalue weighted by Gasteiger charge is 2.18. The molecule has 0 heterocycles. The van der Waals surface area contributed by atoms with Crippen molar-refractivity contribution in [1.82, 2.24) is 0 Å². The average molecular weight is 344 g/mol. The van der Waals surface area contributed by atoms with Gasteiger partial charge in [0.25, 0.3) is 11.6 Å². The van der Waals surface area contributed by atoms with E-state index in [1.54, 1.807) is 24.3 Å². The Morgan fingerprint density at radius 2 is 1.84 bits per heavy atom. The van der Waals surface area contributed by atoms with E-state index < -0.39 is 16.8 Å². The maximum absolute atomic E-state index is 12.3. The van der Waals surface area contributed by atoms with E-state index in [-0.39, 0.29) is 17.9 Å². The molecule has 0 unspecified atom stereocenters. The van der Waals surface area contributed by atoms with Gasteiger partial charge in [0.2, 0.25) is 0 Å². The number of anilines is 1. The Morgan fingerprint density at radius 1 is 1.16 bits per heavy atom. The number of rotatable bonds is 6. The van der Waals surface area contributed by atoms with Gasteiger partial charge in [-0.05, 0) is 37.3 Å². The van der Waals surface area contributed by atoms with Crippen LogP contribution in [0.2, 0.25) is 0 Å². The maximum atomic E-state index is 12.3. The molecule has 8 nitrogen and oxygen atoms in total. The minimum absolute atomic E-state index is 0.112. The fourth-order valence-electron chi connectivity index (χ4n) is 2.10. The van der Waals surface area contributed by atoms with Crippen LogP contribution in [0.4, 0.5) is 11.4 Å². The van der Waals surface area contributed by atoms with E-state index >= 15 is 0 Å². The average Bonchev–Trinajstić information content (AvgIpc) is 2.60. The second kappa shape index (κ2) is 7.91. The summed E-state index contributed by atoms with van der Waals surface area (Å²) in [7, 11) is 1.26. The van der Waals surface area contributed by atoms with Crippen LogP contribution >= 0.6 is 0 Å². The summed E-state index contributed by atoms with van der Waals surface area (Å²) < 4.78 is 9.67. The first-order valence-corrected chi connectivity index (χ1v) is 7.27. The van der Waals surface area contributed by atoms with Crippen LogP contribution in [-0.2, 0) is 9.53 Å². The van der Waals surface area contributed by atoms with E-state index in [9.17, 15) is 19.7 Å². The third kappa shape index (κ3) is 4.54. The fourth-order valence-corrected chi connectivity index (χ4v) is 2.10. The molecule has 0 aliphatic heterocycles. The zero-order valence-corrected chi connectivity index (χ0v) is 13.6. The molecule has 0 saturated carbocycles. The summed E-state index contributed by atoms with van der Waals surface area (Å²) in [6, 6.07) is 10.7. The van der Waals surface area contributed by atoms with Crippen LogP contribution in [0.1, 0.15) is 15.9 Å². The maximum Gasteiger partial charge on any atom is 0.343 e. The molecule has 0 aromatic heterocycles. The van der Waals surface area contributed by atoms with Gasteiger partial charge in [0.1, 0.15) is 5.75 Å². The smallest absolute Gasteiger partial charge is 0.343 e. The van der Waals surface area contributed by atoms with Crippen LogP contribution in [0.5, 0.6) is 5.75 Å². The lowest BCUT2D eigenvalue weighted by Gasteiger charge is -2.09. The summed E-state index contributed by atoms with van der Waals surface area (Å²) >= 11 is 0. The lowest BCUT2D eigenvalue weighted by Crippen LogP contribution is -2.14. The molecular formula is C17H16N2O6. The number of ether oxygens (including phenoxy) is 2. The molecule has 8 heteroatoms. The SMILES string of the molecule is COC(=O)COc1ccc(NC(=O)c2cccc([N+](=O)[O-])c2C)cc1. The van der Waals surface area contributed by atoms with Gasteiger partial charge in [-0.2, -0.15) is 0 Å². The largest absolute Gasteiger partial charge is 0.482 e. The molecule has 1 N–H and O–H groups in total. The first kappa shape index (κ1) is 17.9. The summed E-state index contributed by atoms with van der Waals surface area (Å²) in [6.07, 6.45) is 0. The van der Waals surface area contributed by atoms with Crippen molar-refractivity contribution in [2.24, 2.45) is 0 Å². The third-order valence-corrected chi connectivity index (χ3v) is 3.44. The van der Waals surface area contributed by atoms with Crippen LogP contribution in [0, 0.1) is 17.0 Å². The summed E-state index contributed by atoms with van der Waals surface area (Å²) in [5.41, 5.74) is 0.892. The number of nitrogens with zero attached hydrogens (tertiary/aromatic N) is 1. The van der Waals surface area contributed by atoms with Crippen molar-refractivity contribution < 1.29 is 24.0 Å². The van der Waals surface area contributed by atoms with E-state index in [0.717, 1.165) is 0 Å². The van der Waals surface area contributed by atoms with Crippen molar-refractivity contribution in [1.29, 1.82) is 0 Å². The van der Waals surface area contributed by atoms with E-state index in [1.165, 1.54) is 32.2 Å². The zero-order chi connectivity index (χ0) is 18.4. The first-order chi connectivity index (χ1) is 11.9. The molecule has 0 fully saturated rings. The summed E-state index contributed by atoms with van der Waals surface area (Å²) in [5.74, 6) is -0.516. The number of benzene rings is 2. The molecule has 2 aromatic rings. The van der Waals surface area contributed by atoms with Crippen molar-refractivity contribution in [2.45, 2.75) is 6.92 Å². The second-order valence-corrected chi connectivity index (χ2v) is 5.05. The third-order valence-electron chi connectivity index (χ3n) is 3.44. The quantitative estimate of drug-likeness (QED) is 0.490. The number of nitro benzene ring substituents is 1. The van der Waals surface area contributed by atoms with Gasteiger partial charge >= 0.3 is 5.97 Å². The number of hydrogen-bond donors (Lipinski definition) is 1. The van der Waals surface area contributed by atoms with E-state index in [2.05, 4.69) is 10.1 Å². The van der Waals surface area contributed by atoms with Gasteiger partial charge < -0.3 is 14.8 Å². The van der Waals surface area contributed by atoms with Gasteiger partial charge in [-0.15, -0.1) is 0 Å². The Balaban J connectivity index is 2.07. The molecule has 0 bridgehead atoms. The summed E-state index contributed by atoms with van der Waals surface area (Å²) in [6.45, 7) is 1.31. The number of nitrogens with one attached hydrogen (secondary N) is 1. The van der Waals surface area contributed by atoms with Gasteiger partial charge in [0, 0.05) is 22.9 Å². The molecule has 0 spiro atoms. The van der Waals surface area contributed by atoms with Gasteiger partial charge in [-0.25, -0.2) is 4.79 Å². The van der Waals surface area contributed by atoms with Crippen LogP contribution in [0.3, 0.4) is 0 Å². The second-order valence-electron chi connectivity index (χ2n) is 5.05. The highest BCUT2D eigenvalue weighted by Crippen LogP contribution is 2.22. The molecule has 130 valence electrons. The van der Waals surface area contributed by atoms with Crippen molar-refractivity contribution in [3.63, 3.8) is 0 Å². The van der Waals surface area contributed by atoms with Gasteiger partial charge in [0.05, 0.1) is 12.0 Å². The Bertz CT molecular complexity index is 801. The molecule has 2 rings (SSSR count). The zero-order valence-electron chi connectivity index (χ0n) is 13.6. The molecular weight excluding hydrogens is 328 g/mol. The molecule has 0 aliphatic carbocycles. The number of carbonyl (C=O) groups is 2. The fraction of sp³-hybridized carbons (Fsp3) is 0.176. The number of esters is 1. The highest BCUT2D eigenvalue weighted by atomic mass is 16.6. The lowest BCUT2D eigenvalue weighted by atomic mass is 10.1. The lowest BCUT2D eigenvalue weighted by molar-refractivity contribution is -0.385. The number of carbonyl (C=O) groups excluding carboxylic acids is 2. The van der Waals surface area contributed by atoms with Gasteiger partial charge in [-0.3, -0.25) is 14.9 Å². The Labute approximate surface area is 143 Å². The standard InChI is InChI=1S/C17H16N2O6/c1-11-14(4-3-5-15(11)19(22)23)17(21)18-12-6-8-13(9-7-12)25-10-16(20)24-2/h3-9H,10H2,1-2H3,(H,18,21). The van der Waals surface area contributed by atoms with Crippen LogP contribution in [-0.4, -0.2) is 30.5 Å². The van der Waals surface area contributed by atoms with Crippen LogP contribution < -0.4 is 10.1 Å². The number of nitro groups is 1. The Morgan fingerprint density at radius 3 is 2.44 bits per heavy atom. The minimum atomic E-state index is -0.528. The van der Waals surface area contributed by atoms with E-state index in [4.69, 9.17) is 4.74 Å². The van der Waals surface area contributed by atoms with Crippen molar-refractivity contribution in [3.05, 3.63) is 63.7 Å².